The van der Waals surface area contributed by atoms with Crippen LogP contribution in [-0.2, 0) is 30.5 Å². The molecule has 0 radical (unpaired) electrons. The van der Waals surface area contributed by atoms with Crippen LogP contribution >= 0.6 is 0 Å². The molecular weight excluding hydrogens is 298 g/mol. The topological polar surface area (TPSA) is 74.2 Å². The maximum absolute atomic E-state index is 11.9. The molecule has 1 aliphatic heterocycles. The molecule has 122 valence electrons. The van der Waals surface area contributed by atoms with Crippen LogP contribution in [0.2, 0.25) is 0 Å². The van der Waals surface area contributed by atoms with E-state index in [9.17, 15) is 9.59 Å². The zero-order valence-corrected chi connectivity index (χ0v) is 13.0. The van der Waals surface area contributed by atoms with Crippen molar-refractivity contribution in [2.24, 2.45) is 11.1 Å². The summed E-state index contributed by atoms with van der Waals surface area (Å²) in [5, 5.41) is 3.88. The van der Waals surface area contributed by atoms with Gasteiger partial charge in [0.05, 0.1) is 32.2 Å². The molecule has 1 saturated carbocycles. The second-order valence-electron chi connectivity index (χ2n) is 5.80. The van der Waals surface area contributed by atoms with E-state index in [1.807, 2.05) is 30.3 Å². The van der Waals surface area contributed by atoms with E-state index in [0.717, 1.165) is 5.56 Å². The summed E-state index contributed by atoms with van der Waals surface area (Å²) in [4.78, 5) is 29.3. The van der Waals surface area contributed by atoms with Crippen molar-refractivity contribution in [2.45, 2.75) is 32.0 Å². The Kier molecular flexibility index (Phi) is 4.43. The lowest BCUT2D eigenvalue weighted by Gasteiger charge is -2.25. The normalized spacial score (nSPS) is 25.7. The van der Waals surface area contributed by atoms with E-state index >= 15 is 0 Å². The van der Waals surface area contributed by atoms with E-state index in [1.54, 1.807) is 6.92 Å². The zero-order chi connectivity index (χ0) is 16.3. The van der Waals surface area contributed by atoms with Crippen LogP contribution in [0.4, 0.5) is 0 Å². The van der Waals surface area contributed by atoms with Crippen LogP contribution in [0.3, 0.4) is 0 Å². The summed E-state index contributed by atoms with van der Waals surface area (Å²) < 4.78 is 10.7. The highest BCUT2D eigenvalue weighted by Crippen LogP contribution is 2.42. The van der Waals surface area contributed by atoms with E-state index < -0.39 is 11.6 Å². The number of nitrogens with zero attached hydrogens (tertiary/aromatic N) is 1. The summed E-state index contributed by atoms with van der Waals surface area (Å²) in [5.74, 6) is -0.850. The van der Waals surface area contributed by atoms with Crippen LogP contribution in [0.1, 0.15) is 25.3 Å². The minimum atomic E-state index is -0.867. The van der Waals surface area contributed by atoms with Gasteiger partial charge in [-0.05, 0) is 12.5 Å². The molecular formula is C17H19NO5. The highest BCUT2D eigenvalue weighted by Gasteiger charge is 2.57. The largest absolute Gasteiger partial charge is 0.461 e. The summed E-state index contributed by atoms with van der Waals surface area (Å²) in [6, 6.07) is 9.74. The molecule has 0 N–H and O–H groups in total. The van der Waals surface area contributed by atoms with Gasteiger partial charge in [-0.1, -0.05) is 35.5 Å². The number of rotatable bonds is 6. The van der Waals surface area contributed by atoms with Gasteiger partial charge in [0.15, 0.2) is 11.3 Å². The third-order valence-corrected chi connectivity index (χ3v) is 4.16. The first-order valence-electron chi connectivity index (χ1n) is 7.71. The third-order valence-electron chi connectivity index (χ3n) is 4.16. The molecule has 1 aromatic rings. The Balaban J connectivity index is 1.65. The SMILES string of the molecule is CCOC(=O)C1=NO[C@]2(COCc3ccccc3)CC(=O)C[C@H]12. The van der Waals surface area contributed by atoms with Gasteiger partial charge in [0, 0.05) is 6.42 Å². The number of ether oxygens (including phenoxy) is 2. The van der Waals surface area contributed by atoms with Gasteiger partial charge in [-0.3, -0.25) is 4.79 Å². The Morgan fingerprint density at radius 1 is 1.39 bits per heavy atom. The summed E-state index contributed by atoms with van der Waals surface area (Å²) in [6.45, 7) is 2.62. The van der Waals surface area contributed by atoms with Crippen LogP contribution in [0.25, 0.3) is 0 Å². The van der Waals surface area contributed by atoms with Crippen molar-refractivity contribution in [3.05, 3.63) is 35.9 Å². The molecule has 0 bridgehead atoms. The van der Waals surface area contributed by atoms with Gasteiger partial charge < -0.3 is 14.3 Å². The van der Waals surface area contributed by atoms with Gasteiger partial charge in [-0.25, -0.2) is 4.79 Å². The summed E-state index contributed by atoms with van der Waals surface area (Å²) in [7, 11) is 0. The van der Waals surface area contributed by atoms with Gasteiger partial charge in [0.2, 0.25) is 0 Å². The molecule has 6 nitrogen and oxygen atoms in total. The maximum Gasteiger partial charge on any atom is 0.356 e. The van der Waals surface area contributed by atoms with Crippen LogP contribution in [0.5, 0.6) is 0 Å². The first kappa shape index (κ1) is 15.7. The van der Waals surface area contributed by atoms with Gasteiger partial charge in [-0.15, -0.1) is 0 Å². The lowest BCUT2D eigenvalue weighted by Crippen LogP contribution is -2.41. The predicted octanol–water partition coefficient (Wildman–Crippen LogP) is 1.87. The molecule has 0 aromatic heterocycles. The fourth-order valence-corrected chi connectivity index (χ4v) is 3.07. The first-order valence-corrected chi connectivity index (χ1v) is 7.71. The average Bonchev–Trinajstić information content (AvgIpc) is 3.02. The lowest BCUT2D eigenvalue weighted by molar-refractivity contribution is -0.135. The zero-order valence-electron chi connectivity index (χ0n) is 13.0. The minimum absolute atomic E-state index is 0.0509. The first-order chi connectivity index (χ1) is 11.1. The molecule has 3 rings (SSSR count). The summed E-state index contributed by atoms with van der Waals surface area (Å²) in [5.41, 5.74) is 0.365. The van der Waals surface area contributed by atoms with Crippen molar-refractivity contribution in [3.63, 3.8) is 0 Å². The van der Waals surface area contributed by atoms with E-state index in [0.29, 0.717) is 6.61 Å². The van der Waals surface area contributed by atoms with Gasteiger partial charge >= 0.3 is 5.97 Å². The molecule has 1 aliphatic carbocycles. The number of Topliss-reactive ketones (excluding diaryl/α,β-unsaturated/α-hetero) is 1. The van der Waals surface area contributed by atoms with E-state index in [4.69, 9.17) is 14.3 Å². The maximum atomic E-state index is 11.9. The molecule has 1 aromatic carbocycles. The monoisotopic (exact) mass is 317 g/mol. The number of fused-ring (bicyclic) bond motifs is 1. The summed E-state index contributed by atoms with van der Waals surface area (Å²) >= 11 is 0. The molecule has 0 unspecified atom stereocenters. The number of carbonyl (C=O) groups is 2. The number of carbonyl (C=O) groups excluding carboxylic acids is 2. The number of hydrogen-bond acceptors (Lipinski definition) is 6. The lowest BCUT2D eigenvalue weighted by atomic mass is 9.88. The standard InChI is InChI=1S/C17H19NO5/c1-2-22-16(20)15-14-8-13(19)9-17(14,23-18-15)11-21-10-12-6-4-3-5-7-12/h3-7,14H,2,8-11H2,1H3/t14-,17+/m1/s1. The molecule has 0 spiro atoms. The molecule has 2 aliphatic rings. The molecule has 1 fully saturated rings. The molecule has 0 amide bonds. The van der Waals surface area contributed by atoms with Gasteiger partial charge in [-0.2, -0.15) is 0 Å². The number of hydrogen-bond donors (Lipinski definition) is 0. The Hall–Kier alpha value is -2.21. The molecule has 1 heterocycles. The van der Waals surface area contributed by atoms with Crippen molar-refractivity contribution in [3.8, 4) is 0 Å². The molecule has 2 atom stereocenters. The Morgan fingerprint density at radius 3 is 2.91 bits per heavy atom. The smallest absolute Gasteiger partial charge is 0.356 e. The quantitative estimate of drug-likeness (QED) is 0.749. The van der Waals surface area contributed by atoms with E-state index in [2.05, 4.69) is 5.16 Å². The van der Waals surface area contributed by atoms with Gasteiger partial charge in [0.1, 0.15) is 5.78 Å². The number of oxime groups is 1. The number of ketones is 1. The average molecular weight is 317 g/mol. The minimum Gasteiger partial charge on any atom is -0.461 e. The van der Waals surface area contributed by atoms with Crippen LogP contribution < -0.4 is 0 Å². The second kappa shape index (κ2) is 6.50. The fraction of sp³-hybridized carbons (Fsp3) is 0.471. The van der Waals surface area contributed by atoms with Crippen molar-refractivity contribution < 1.29 is 23.9 Å². The van der Waals surface area contributed by atoms with E-state index in [1.165, 1.54) is 0 Å². The van der Waals surface area contributed by atoms with Crippen molar-refractivity contribution in [1.29, 1.82) is 0 Å². The Morgan fingerprint density at radius 2 is 2.17 bits per heavy atom. The van der Waals surface area contributed by atoms with E-state index in [-0.39, 0.29) is 43.5 Å². The number of benzene rings is 1. The molecule has 0 saturated heterocycles. The molecule has 6 heteroatoms. The van der Waals surface area contributed by atoms with Crippen molar-refractivity contribution in [1.82, 2.24) is 0 Å². The fourth-order valence-electron chi connectivity index (χ4n) is 3.07. The highest BCUT2D eigenvalue weighted by molar-refractivity contribution is 6.38. The third kappa shape index (κ3) is 3.12. The molecule has 23 heavy (non-hydrogen) atoms. The van der Waals surface area contributed by atoms with Crippen LogP contribution in [0, 0.1) is 5.92 Å². The van der Waals surface area contributed by atoms with Crippen molar-refractivity contribution >= 4 is 17.5 Å². The second-order valence-corrected chi connectivity index (χ2v) is 5.80. The Bertz CT molecular complexity index is 627. The highest BCUT2D eigenvalue weighted by atomic mass is 16.7. The predicted molar refractivity (Wildman–Crippen MR) is 81.7 cm³/mol. The summed E-state index contributed by atoms with van der Waals surface area (Å²) in [6.07, 6.45) is 0.450. The number of esters is 1. The van der Waals surface area contributed by atoms with Crippen LogP contribution in [0.15, 0.2) is 35.5 Å². The Labute approximate surface area is 134 Å². The van der Waals surface area contributed by atoms with Gasteiger partial charge in [0.25, 0.3) is 0 Å². The van der Waals surface area contributed by atoms with Crippen molar-refractivity contribution in [2.75, 3.05) is 13.2 Å². The van der Waals surface area contributed by atoms with Crippen LogP contribution in [-0.4, -0.2) is 36.3 Å².